The van der Waals surface area contributed by atoms with Gasteiger partial charge in [0.15, 0.2) is 11.5 Å². The van der Waals surface area contributed by atoms with Gasteiger partial charge in [0.1, 0.15) is 16.8 Å². The normalized spacial score (nSPS) is 18.1. The lowest BCUT2D eigenvalue weighted by Crippen LogP contribution is -2.46. The molecule has 3 amide bonds. The van der Waals surface area contributed by atoms with Crippen molar-refractivity contribution in [2.45, 2.75) is 58.6 Å². The van der Waals surface area contributed by atoms with Gasteiger partial charge in [-0.05, 0) is 108 Å². The molecule has 3 fully saturated rings. The van der Waals surface area contributed by atoms with Gasteiger partial charge in [-0.1, -0.05) is 12.1 Å². The van der Waals surface area contributed by atoms with E-state index in [1.807, 2.05) is 12.1 Å². The summed E-state index contributed by atoms with van der Waals surface area (Å²) in [6, 6.07) is 12.9. The fraction of sp³-hybridized carbons (Fsp3) is 0.459. The third-order valence-corrected chi connectivity index (χ3v) is 10.2. The summed E-state index contributed by atoms with van der Waals surface area (Å²) in [5, 5.41) is 3.61. The molecule has 0 aliphatic carbocycles. The minimum atomic E-state index is -0.740. The maximum absolute atomic E-state index is 13.5. The van der Waals surface area contributed by atoms with Crippen LogP contribution in [0.5, 0.6) is 0 Å². The van der Waals surface area contributed by atoms with E-state index in [4.69, 9.17) is 14.7 Å². The van der Waals surface area contributed by atoms with E-state index in [9.17, 15) is 14.4 Å². The average molecular weight is 695 g/mol. The highest BCUT2D eigenvalue weighted by atomic mass is 16.6. The number of urea groups is 1. The van der Waals surface area contributed by atoms with Gasteiger partial charge in [0, 0.05) is 37.2 Å². The molecule has 1 N–H and O–H groups in total. The minimum absolute atomic E-state index is 0.160. The molecular formula is C37H46N10O4. The number of benzene rings is 1. The van der Waals surface area contributed by atoms with Crippen LogP contribution in [0.15, 0.2) is 66.1 Å². The Morgan fingerprint density at radius 2 is 1.63 bits per heavy atom. The summed E-state index contributed by atoms with van der Waals surface area (Å²) in [6.45, 7) is 14.2. The van der Waals surface area contributed by atoms with Crippen molar-refractivity contribution in [1.82, 2.24) is 34.1 Å². The fourth-order valence-corrected chi connectivity index (χ4v) is 7.24. The summed E-state index contributed by atoms with van der Waals surface area (Å²) in [4.78, 5) is 60.9. The number of allylic oxidation sites excluding steroid dienone is 1. The quantitative estimate of drug-likeness (QED) is 0.251. The zero-order valence-corrected chi connectivity index (χ0v) is 29.8. The van der Waals surface area contributed by atoms with Crippen LogP contribution in [-0.2, 0) is 11.3 Å². The number of anilines is 4. The van der Waals surface area contributed by atoms with Crippen LogP contribution >= 0.6 is 0 Å². The van der Waals surface area contributed by atoms with Gasteiger partial charge in [-0.2, -0.15) is 4.98 Å². The molecule has 1 aromatic carbocycles. The van der Waals surface area contributed by atoms with E-state index in [-0.39, 0.29) is 25.2 Å². The van der Waals surface area contributed by atoms with Crippen LogP contribution < -0.4 is 20.7 Å². The van der Waals surface area contributed by atoms with Crippen molar-refractivity contribution in [1.29, 1.82) is 0 Å². The summed E-state index contributed by atoms with van der Waals surface area (Å²) < 4.78 is 8.50. The molecule has 0 radical (unpaired) electrons. The van der Waals surface area contributed by atoms with Crippen LogP contribution in [0.4, 0.5) is 32.7 Å². The van der Waals surface area contributed by atoms with Gasteiger partial charge in [0.2, 0.25) is 5.95 Å². The smallest absolute Gasteiger partial charge is 0.418 e. The highest BCUT2D eigenvalue weighted by molar-refractivity contribution is 6.02. The van der Waals surface area contributed by atoms with E-state index in [1.165, 1.54) is 60.2 Å². The van der Waals surface area contributed by atoms with E-state index in [1.54, 1.807) is 49.7 Å². The number of hydrogen-bond donors (Lipinski definition) is 1. The van der Waals surface area contributed by atoms with Gasteiger partial charge in [-0.15, -0.1) is 6.58 Å². The Hall–Kier alpha value is -5.24. The van der Waals surface area contributed by atoms with Gasteiger partial charge in [0.05, 0.1) is 13.1 Å². The van der Waals surface area contributed by atoms with Gasteiger partial charge < -0.3 is 19.9 Å². The lowest BCUT2D eigenvalue weighted by Gasteiger charge is -2.46. The maximum atomic E-state index is 13.5. The lowest BCUT2D eigenvalue weighted by molar-refractivity contribution is 0.0354. The second-order valence-electron chi connectivity index (χ2n) is 14.8. The van der Waals surface area contributed by atoms with Gasteiger partial charge in [-0.3, -0.25) is 9.69 Å². The van der Waals surface area contributed by atoms with Crippen LogP contribution in [0.25, 0.3) is 16.9 Å². The SMILES string of the molecule is C=CCn1c(=O)c2cnc(Nc3ccc(N4CCC5(CCN(C)CC5)CC4)cc3)nc2n1-c1cccc(N2CCN(C(=O)OC(C)(C)C)C2=O)n1. The first-order valence-corrected chi connectivity index (χ1v) is 17.6. The Morgan fingerprint density at radius 3 is 2.31 bits per heavy atom. The zero-order chi connectivity index (χ0) is 35.9. The molecule has 3 aliphatic heterocycles. The summed E-state index contributed by atoms with van der Waals surface area (Å²) in [7, 11) is 2.22. The highest BCUT2D eigenvalue weighted by Crippen LogP contribution is 2.42. The number of ether oxygens (including phenoxy) is 1. The van der Waals surface area contributed by atoms with Gasteiger partial charge >= 0.3 is 12.1 Å². The number of amides is 3. The number of rotatable bonds is 7. The number of imide groups is 1. The molecule has 51 heavy (non-hydrogen) atoms. The number of nitrogens with zero attached hydrogens (tertiary/aromatic N) is 9. The number of carbonyl (C=O) groups is 2. The summed E-state index contributed by atoms with van der Waals surface area (Å²) in [5.41, 5.74) is 1.83. The topological polar surface area (TPSA) is 134 Å². The van der Waals surface area contributed by atoms with E-state index >= 15 is 0 Å². The van der Waals surface area contributed by atoms with Crippen LogP contribution in [0.1, 0.15) is 46.5 Å². The standard InChI is InChI=1S/C37H46N10O4/c1-6-18-46-32(48)28-25-38-33(39-26-10-12-27(13-11-26)43-21-16-37(17-22-43)14-19-42(5)20-15-37)41-31(28)47(46)30-9-7-8-29(40-30)44-23-24-45(34(44)49)35(50)51-36(2,3)4/h6-13,25H,1,14-24H2,2-5H3,(H,38,39,41). The maximum Gasteiger partial charge on any atom is 0.418 e. The second kappa shape index (κ2) is 13.5. The lowest BCUT2D eigenvalue weighted by atomic mass is 9.71. The Kier molecular flexibility index (Phi) is 9.04. The van der Waals surface area contributed by atoms with Crippen LogP contribution in [0.3, 0.4) is 0 Å². The second-order valence-corrected chi connectivity index (χ2v) is 14.8. The Balaban J connectivity index is 1.11. The molecule has 0 saturated carbocycles. The van der Waals surface area contributed by atoms with Crippen molar-refractivity contribution in [2.75, 3.05) is 61.4 Å². The molecule has 4 aromatic rings. The van der Waals surface area contributed by atoms with E-state index in [0.29, 0.717) is 34.0 Å². The molecule has 0 bridgehead atoms. The van der Waals surface area contributed by atoms with Crippen molar-refractivity contribution < 1.29 is 14.3 Å². The van der Waals surface area contributed by atoms with Crippen LogP contribution in [0.2, 0.25) is 0 Å². The number of piperidine rings is 2. The Labute approximate surface area is 297 Å². The molecule has 0 unspecified atom stereocenters. The molecule has 3 saturated heterocycles. The minimum Gasteiger partial charge on any atom is -0.443 e. The first-order valence-electron chi connectivity index (χ1n) is 17.6. The average Bonchev–Trinajstić information content (AvgIpc) is 3.63. The fourth-order valence-electron chi connectivity index (χ4n) is 7.24. The van der Waals surface area contributed by atoms with Crippen molar-refractivity contribution in [3.63, 3.8) is 0 Å². The van der Waals surface area contributed by atoms with Crippen molar-refractivity contribution in [2.24, 2.45) is 5.41 Å². The summed E-state index contributed by atoms with van der Waals surface area (Å²) in [5.74, 6) is 1.01. The third-order valence-electron chi connectivity index (χ3n) is 10.2. The monoisotopic (exact) mass is 694 g/mol. The molecule has 14 heteroatoms. The first-order chi connectivity index (χ1) is 24.4. The molecule has 14 nitrogen and oxygen atoms in total. The number of nitrogens with one attached hydrogen (secondary N) is 1. The molecule has 6 heterocycles. The largest absolute Gasteiger partial charge is 0.443 e. The summed E-state index contributed by atoms with van der Waals surface area (Å²) >= 11 is 0. The number of aromatic nitrogens is 5. The molecule has 0 atom stereocenters. The molecule has 3 aliphatic rings. The van der Waals surface area contributed by atoms with Gasteiger partial charge in [0.25, 0.3) is 5.56 Å². The molecule has 3 aromatic heterocycles. The number of hydrogen-bond acceptors (Lipinski definition) is 10. The van der Waals surface area contributed by atoms with Crippen LogP contribution in [-0.4, -0.2) is 98.2 Å². The summed E-state index contributed by atoms with van der Waals surface area (Å²) in [6.07, 6.45) is 7.48. The zero-order valence-electron chi connectivity index (χ0n) is 29.8. The molecule has 7 rings (SSSR count). The molecule has 268 valence electrons. The van der Waals surface area contributed by atoms with Crippen LogP contribution in [0, 0.1) is 5.41 Å². The van der Waals surface area contributed by atoms with Crippen molar-refractivity contribution >= 4 is 46.3 Å². The van der Waals surface area contributed by atoms with Gasteiger partial charge in [-0.25, -0.2) is 33.8 Å². The van der Waals surface area contributed by atoms with E-state index in [2.05, 4.69) is 45.9 Å². The first kappa shape index (κ1) is 34.2. The van der Waals surface area contributed by atoms with Crippen molar-refractivity contribution in [3.05, 3.63) is 71.7 Å². The number of pyridine rings is 1. The van der Waals surface area contributed by atoms with E-state index < -0.39 is 17.7 Å². The Bertz CT molecular complexity index is 2000. The van der Waals surface area contributed by atoms with E-state index in [0.717, 1.165) is 23.7 Å². The number of carbonyl (C=O) groups excluding carboxylic acids is 2. The third kappa shape index (κ3) is 6.92. The molecule has 1 spiro atoms. The number of likely N-dealkylation sites (tertiary alicyclic amines) is 1. The predicted molar refractivity (Wildman–Crippen MR) is 197 cm³/mol. The number of fused-ring (bicyclic) bond motifs is 1. The highest BCUT2D eigenvalue weighted by Gasteiger charge is 2.38. The van der Waals surface area contributed by atoms with Crippen molar-refractivity contribution in [3.8, 4) is 5.82 Å². The molecular weight excluding hydrogens is 648 g/mol. The Morgan fingerprint density at radius 1 is 0.941 bits per heavy atom. The predicted octanol–water partition coefficient (Wildman–Crippen LogP) is 5.40.